The standard InChI is InChI=1S/C16H16N4O2S/c1-3-22-13(21)9-23-16-18-11(2)14-15(19-16)17-10-20(14)12-7-5-4-6-8-12/h4-8,10H,3,9H2,1-2H3. The molecule has 0 amide bonds. The van der Waals surface area contributed by atoms with Gasteiger partial charge in [-0.05, 0) is 26.0 Å². The molecule has 23 heavy (non-hydrogen) atoms. The van der Waals surface area contributed by atoms with E-state index in [0.29, 0.717) is 17.4 Å². The Hall–Kier alpha value is -2.41. The smallest absolute Gasteiger partial charge is 0.316 e. The van der Waals surface area contributed by atoms with Crippen LogP contribution in [0.3, 0.4) is 0 Å². The number of carbonyl (C=O) groups is 1. The Kier molecular flexibility index (Phi) is 4.57. The number of aryl methyl sites for hydroxylation is 1. The molecule has 0 saturated heterocycles. The van der Waals surface area contributed by atoms with Crippen molar-refractivity contribution in [3.63, 3.8) is 0 Å². The second kappa shape index (κ2) is 6.78. The number of thioether (sulfide) groups is 1. The van der Waals surface area contributed by atoms with Crippen LogP contribution in [-0.4, -0.2) is 37.8 Å². The fraction of sp³-hybridized carbons (Fsp3) is 0.250. The molecule has 0 radical (unpaired) electrons. The monoisotopic (exact) mass is 328 g/mol. The number of benzene rings is 1. The van der Waals surface area contributed by atoms with E-state index in [2.05, 4.69) is 15.0 Å². The molecule has 3 rings (SSSR count). The first kappa shape index (κ1) is 15.5. The molecule has 2 aromatic heterocycles. The quantitative estimate of drug-likeness (QED) is 0.407. The van der Waals surface area contributed by atoms with Crippen molar-refractivity contribution in [2.24, 2.45) is 0 Å². The first-order valence-electron chi connectivity index (χ1n) is 7.24. The zero-order valence-electron chi connectivity index (χ0n) is 12.9. The van der Waals surface area contributed by atoms with Crippen LogP contribution in [-0.2, 0) is 9.53 Å². The third-order valence-corrected chi connectivity index (χ3v) is 4.04. The molecule has 0 aliphatic heterocycles. The molecule has 7 heteroatoms. The van der Waals surface area contributed by atoms with E-state index in [-0.39, 0.29) is 11.7 Å². The molecule has 0 spiro atoms. The van der Waals surface area contributed by atoms with E-state index in [4.69, 9.17) is 4.74 Å². The van der Waals surface area contributed by atoms with Crippen LogP contribution in [0, 0.1) is 6.92 Å². The van der Waals surface area contributed by atoms with Gasteiger partial charge in [0.05, 0.1) is 18.1 Å². The summed E-state index contributed by atoms with van der Waals surface area (Å²) < 4.78 is 6.87. The number of imidazole rings is 1. The molecule has 0 aliphatic carbocycles. The van der Waals surface area contributed by atoms with Gasteiger partial charge in [0.25, 0.3) is 0 Å². The fourth-order valence-corrected chi connectivity index (χ4v) is 2.93. The number of fused-ring (bicyclic) bond motifs is 1. The number of para-hydroxylation sites is 1. The van der Waals surface area contributed by atoms with E-state index in [1.54, 1.807) is 13.3 Å². The third kappa shape index (κ3) is 3.34. The molecule has 0 bridgehead atoms. The third-order valence-electron chi connectivity index (χ3n) is 3.21. The van der Waals surface area contributed by atoms with Crippen LogP contribution in [0.1, 0.15) is 12.6 Å². The Morgan fingerprint density at radius 1 is 1.26 bits per heavy atom. The summed E-state index contributed by atoms with van der Waals surface area (Å²) in [6.07, 6.45) is 1.74. The maximum Gasteiger partial charge on any atom is 0.316 e. The lowest BCUT2D eigenvalue weighted by atomic mass is 10.3. The summed E-state index contributed by atoms with van der Waals surface area (Å²) in [6.45, 7) is 4.07. The van der Waals surface area contributed by atoms with Crippen molar-refractivity contribution in [1.82, 2.24) is 19.5 Å². The Morgan fingerprint density at radius 3 is 2.78 bits per heavy atom. The topological polar surface area (TPSA) is 69.9 Å². The number of rotatable bonds is 5. The van der Waals surface area contributed by atoms with Crippen molar-refractivity contribution in [1.29, 1.82) is 0 Å². The van der Waals surface area contributed by atoms with Crippen molar-refractivity contribution in [3.8, 4) is 5.69 Å². The van der Waals surface area contributed by atoms with Crippen molar-refractivity contribution >= 4 is 28.9 Å². The number of nitrogens with zero attached hydrogens (tertiary/aromatic N) is 4. The van der Waals surface area contributed by atoms with Crippen LogP contribution in [0.25, 0.3) is 16.9 Å². The van der Waals surface area contributed by atoms with Gasteiger partial charge >= 0.3 is 5.97 Å². The number of carbonyl (C=O) groups excluding carboxylic acids is 1. The van der Waals surface area contributed by atoms with E-state index in [1.807, 2.05) is 41.8 Å². The van der Waals surface area contributed by atoms with Gasteiger partial charge < -0.3 is 4.74 Å². The second-order valence-corrected chi connectivity index (χ2v) is 5.75. The van der Waals surface area contributed by atoms with Gasteiger partial charge in [0.1, 0.15) is 11.8 Å². The molecule has 0 fully saturated rings. The Labute approximate surface area is 137 Å². The normalized spacial score (nSPS) is 10.9. The lowest BCUT2D eigenvalue weighted by Crippen LogP contribution is -2.07. The lowest BCUT2D eigenvalue weighted by molar-refractivity contribution is -0.139. The number of aromatic nitrogens is 4. The van der Waals surface area contributed by atoms with Gasteiger partial charge in [-0.2, -0.15) is 0 Å². The predicted molar refractivity (Wildman–Crippen MR) is 88.8 cm³/mol. The van der Waals surface area contributed by atoms with Crippen LogP contribution in [0.15, 0.2) is 41.8 Å². The zero-order chi connectivity index (χ0) is 16.2. The highest BCUT2D eigenvalue weighted by Gasteiger charge is 2.13. The molecule has 0 N–H and O–H groups in total. The molecule has 1 aromatic carbocycles. The van der Waals surface area contributed by atoms with E-state index >= 15 is 0 Å². The lowest BCUT2D eigenvalue weighted by Gasteiger charge is -2.06. The summed E-state index contributed by atoms with van der Waals surface area (Å²) in [5, 5.41) is 0.529. The molecular weight excluding hydrogens is 312 g/mol. The van der Waals surface area contributed by atoms with Crippen molar-refractivity contribution in [3.05, 3.63) is 42.4 Å². The fourth-order valence-electron chi connectivity index (χ4n) is 2.24. The second-order valence-electron chi connectivity index (χ2n) is 4.81. The van der Waals surface area contributed by atoms with Gasteiger partial charge in [-0.25, -0.2) is 15.0 Å². The summed E-state index contributed by atoms with van der Waals surface area (Å²) in [4.78, 5) is 24.7. The summed E-state index contributed by atoms with van der Waals surface area (Å²) in [7, 11) is 0. The largest absolute Gasteiger partial charge is 0.465 e. The van der Waals surface area contributed by atoms with Gasteiger partial charge in [-0.15, -0.1) is 0 Å². The molecule has 0 aliphatic rings. The predicted octanol–water partition coefficient (Wildman–Crippen LogP) is 2.78. The van der Waals surface area contributed by atoms with Crippen LogP contribution in [0.2, 0.25) is 0 Å². The molecule has 2 heterocycles. The average molecular weight is 328 g/mol. The first-order chi connectivity index (χ1) is 11.2. The summed E-state index contributed by atoms with van der Waals surface area (Å²) in [5.41, 5.74) is 3.32. The Morgan fingerprint density at radius 2 is 2.04 bits per heavy atom. The number of hydrogen-bond donors (Lipinski definition) is 0. The van der Waals surface area contributed by atoms with Crippen molar-refractivity contribution < 1.29 is 9.53 Å². The molecule has 0 atom stereocenters. The molecular formula is C16H16N4O2S. The summed E-state index contributed by atoms with van der Waals surface area (Å²) in [5.74, 6) is -0.0771. The summed E-state index contributed by atoms with van der Waals surface area (Å²) >= 11 is 1.26. The average Bonchev–Trinajstić information content (AvgIpc) is 2.99. The zero-order valence-corrected chi connectivity index (χ0v) is 13.7. The van der Waals surface area contributed by atoms with Crippen LogP contribution < -0.4 is 0 Å². The van der Waals surface area contributed by atoms with E-state index in [0.717, 1.165) is 16.9 Å². The number of hydrogen-bond acceptors (Lipinski definition) is 6. The maximum atomic E-state index is 11.4. The minimum Gasteiger partial charge on any atom is -0.465 e. The highest BCUT2D eigenvalue weighted by molar-refractivity contribution is 7.99. The number of esters is 1. The van der Waals surface area contributed by atoms with E-state index in [1.165, 1.54) is 11.8 Å². The van der Waals surface area contributed by atoms with E-state index in [9.17, 15) is 4.79 Å². The highest BCUT2D eigenvalue weighted by Crippen LogP contribution is 2.22. The van der Waals surface area contributed by atoms with Gasteiger partial charge in [-0.1, -0.05) is 30.0 Å². The molecule has 6 nitrogen and oxygen atoms in total. The van der Waals surface area contributed by atoms with Gasteiger partial charge in [0, 0.05) is 5.69 Å². The molecule has 0 unspecified atom stereocenters. The SMILES string of the molecule is CCOC(=O)CSc1nc(C)c2c(ncn2-c2ccccc2)n1. The minimum atomic E-state index is -0.270. The molecule has 3 aromatic rings. The Bertz CT molecular complexity index is 833. The minimum absolute atomic E-state index is 0.193. The van der Waals surface area contributed by atoms with Gasteiger partial charge in [0.2, 0.25) is 0 Å². The van der Waals surface area contributed by atoms with Crippen molar-refractivity contribution in [2.75, 3.05) is 12.4 Å². The first-order valence-corrected chi connectivity index (χ1v) is 8.23. The number of ether oxygens (including phenoxy) is 1. The molecule has 0 saturated carbocycles. The van der Waals surface area contributed by atoms with Gasteiger partial charge in [0.15, 0.2) is 10.8 Å². The van der Waals surface area contributed by atoms with Crippen LogP contribution >= 0.6 is 11.8 Å². The van der Waals surface area contributed by atoms with Crippen LogP contribution in [0.5, 0.6) is 0 Å². The Balaban J connectivity index is 1.90. The summed E-state index contributed by atoms with van der Waals surface area (Å²) in [6, 6.07) is 9.92. The van der Waals surface area contributed by atoms with E-state index < -0.39 is 0 Å². The van der Waals surface area contributed by atoms with Crippen molar-refractivity contribution in [2.45, 2.75) is 19.0 Å². The highest BCUT2D eigenvalue weighted by atomic mass is 32.2. The van der Waals surface area contributed by atoms with Gasteiger partial charge in [-0.3, -0.25) is 9.36 Å². The van der Waals surface area contributed by atoms with Crippen LogP contribution in [0.4, 0.5) is 0 Å². The maximum absolute atomic E-state index is 11.4. The molecule has 118 valence electrons.